The SMILES string of the molecule is COc1ccc(N(C)C(=O)C(Cc2cc(F)cc(F)c2)NC(=O)NS(=O)(=O)N2CCCCC2)cc1F. The molecular formula is C23H27F3N4O5S. The molecule has 0 aliphatic carbocycles. The first kappa shape index (κ1) is 27.3. The Labute approximate surface area is 207 Å². The third-order valence-corrected chi connectivity index (χ3v) is 7.18. The molecule has 3 rings (SSSR count). The van der Waals surface area contributed by atoms with Crippen LogP contribution in [0.3, 0.4) is 0 Å². The minimum atomic E-state index is -4.16. The Bertz CT molecular complexity index is 1200. The molecule has 1 aliphatic heterocycles. The first-order valence-electron chi connectivity index (χ1n) is 11.1. The van der Waals surface area contributed by atoms with Gasteiger partial charge in [-0.05, 0) is 42.7 Å². The van der Waals surface area contributed by atoms with Crippen molar-refractivity contribution in [2.24, 2.45) is 0 Å². The molecule has 0 saturated carbocycles. The van der Waals surface area contributed by atoms with Gasteiger partial charge in [0, 0.05) is 44.4 Å². The highest BCUT2D eigenvalue weighted by atomic mass is 32.2. The van der Waals surface area contributed by atoms with Gasteiger partial charge in [-0.2, -0.15) is 12.7 Å². The number of nitrogens with one attached hydrogen (secondary N) is 2. The molecule has 0 bridgehead atoms. The molecule has 196 valence electrons. The molecule has 0 radical (unpaired) electrons. The second-order valence-corrected chi connectivity index (χ2v) is 9.96. The number of hydrogen-bond donors (Lipinski definition) is 2. The number of carbonyl (C=O) groups is 2. The smallest absolute Gasteiger partial charge is 0.330 e. The fraction of sp³-hybridized carbons (Fsp3) is 0.391. The van der Waals surface area contributed by atoms with Crippen LogP contribution in [0.4, 0.5) is 23.7 Å². The molecule has 1 fully saturated rings. The van der Waals surface area contributed by atoms with E-state index in [0.29, 0.717) is 18.9 Å². The molecule has 36 heavy (non-hydrogen) atoms. The monoisotopic (exact) mass is 528 g/mol. The lowest BCUT2D eigenvalue weighted by molar-refractivity contribution is -0.120. The van der Waals surface area contributed by atoms with Crippen molar-refractivity contribution in [1.29, 1.82) is 0 Å². The molecule has 0 aromatic heterocycles. The normalized spacial score (nSPS) is 15.1. The van der Waals surface area contributed by atoms with Crippen LogP contribution in [0.1, 0.15) is 24.8 Å². The molecule has 1 saturated heterocycles. The maximum atomic E-state index is 14.2. The number of likely N-dealkylation sites (N-methyl/N-ethyl adjacent to an activating group) is 1. The molecule has 2 aromatic rings. The van der Waals surface area contributed by atoms with E-state index in [1.54, 1.807) is 0 Å². The highest BCUT2D eigenvalue weighted by Gasteiger charge is 2.30. The summed E-state index contributed by atoms with van der Waals surface area (Å²) in [5, 5.41) is 2.28. The number of urea groups is 1. The van der Waals surface area contributed by atoms with Gasteiger partial charge in [0.25, 0.3) is 0 Å². The number of benzene rings is 2. The van der Waals surface area contributed by atoms with Crippen LogP contribution in [0, 0.1) is 17.5 Å². The van der Waals surface area contributed by atoms with Gasteiger partial charge in [0.1, 0.15) is 17.7 Å². The van der Waals surface area contributed by atoms with Gasteiger partial charge in [-0.1, -0.05) is 6.42 Å². The lowest BCUT2D eigenvalue weighted by atomic mass is 10.0. The quantitative estimate of drug-likeness (QED) is 0.548. The van der Waals surface area contributed by atoms with Gasteiger partial charge in [-0.3, -0.25) is 4.79 Å². The van der Waals surface area contributed by atoms with Crippen LogP contribution in [0.25, 0.3) is 0 Å². The number of ether oxygens (including phenoxy) is 1. The summed E-state index contributed by atoms with van der Waals surface area (Å²) in [6, 6.07) is 3.73. The van der Waals surface area contributed by atoms with Crippen LogP contribution in [0.15, 0.2) is 36.4 Å². The highest BCUT2D eigenvalue weighted by Crippen LogP contribution is 2.24. The summed E-state index contributed by atoms with van der Waals surface area (Å²) in [5.74, 6) is -3.35. The summed E-state index contributed by atoms with van der Waals surface area (Å²) < 4.78 is 74.6. The summed E-state index contributed by atoms with van der Waals surface area (Å²) in [4.78, 5) is 26.9. The van der Waals surface area contributed by atoms with Crippen LogP contribution in [0.5, 0.6) is 5.75 Å². The number of anilines is 1. The molecule has 2 aromatic carbocycles. The minimum Gasteiger partial charge on any atom is -0.494 e. The summed E-state index contributed by atoms with van der Waals surface area (Å²) in [5.41, 5.74) is 0.149. The molecular weight excluding hydrogens is 501 g/mol. The van der Waals surface area contributed by atoms with Crippen molar-refractivity contribution in [3.8, 4) is 5.75 Å². The Morgan fingerprint density at radius 2 is 1.69 bits per heavy atom. The van der Waals surface area contributed by atoms with Crippen molar-refractivity contribution in [1.82, 2.24) is 14.3 Å². The largest absolute Gasteiger partial charge is 0.494 e. The molecule has 1 aliphatic rings. The van der Waals surface area contributed by atoms with E-state index in [1.807, 2.05) is 4.72 Å². The Morgan fingerprint density at radius 1 is 1.06 bits per heavy atom. The molecule has 9 nitrogen and oxygen atoms in total. The topological polar surface area (TPSA) is 108 Å². The second-order valence-electron chi connectivity index (χ2n) is 8.29. The fourth-order valence-corrected chi connectivity index (χ4v) is 5.03. The number of hydrogen-bond acceptors (Lipinski definition) is 5. The van der Waals surface area contributed by atoms with Crippen molar-refractivity contribution in [2.45, 2.75) is 31.7 Å². The Morgan fingerprint density at radius 3 is 2.28 bits per heavy atom. The molecule has 13 heteroatoms. The van der Waals surface area contributed by atoms with Crippen LogP contribution in [-0.4, -0.2) is 58.0 Å². The predicted octanol–water partition coefficient (Wildman–Crippen LogP) is 2.72. The van der Waals surface area contributed by atoms with Gasteiger partial charge in [0.2, 0.25) is 5.91 Å². The van der Waals surface area contributed by atoms with Crippen LogP contribution >= 0.6 is 0 Å². The molecule has 1 atom stereocenters. The first-order valence-corrected chi connectivity index (χ1v) is 12.6. The minimum absolute atomic E-state index is 0.0411. The number of halogens is 3. The third kappa shape index (κ3) is 6.88. The van der Waals surface area contributed by atoms with Gasteiger partial charge < -0.3 is 15.0 Å². The molecule has 2 N–H and O–H groups in total. The van der Waals surface area contributed by atoms with Gasteiger partial charge >= 0.3 is 16.2 Å². The van der Waals surface area contributed by atoms with E-state index < -0.39 is 45.6 Å². The number of carbonyl (C=O) groups excluding carboxylic acids is 2. The number of nitrogens with zero attached hydrogens (tertiary/aromatic N) is 2. The molecule has 1 unspecified atom stereocenters. The standard InChI is InChI=1S/C23H27F3N4O5S/c1-29(18-6-7-21(35-2)19(26)14-18)22(31)20(12-15-10-16(24)13-17(25)11-15)27-23(32)28-36(33,34)30-8-4-3-5-9-30/h6-7,10-11,13-14,20H,3-5,8-9,12H2,1-2H3,(H2,27,28,32). The average Bonchev–Trinajstić information content (AvgIpc) is 2.82. The van der Waals surface area contributed by atoms with Crippen molar-refractivity contribution >= 4 is 27.8 Å². The first-order chi connectivity index (χ1) is 17.0. The third-order valence-electron chi connectivity index (χ3n) is 5.70. The summed E-state index contributed by atoms with van der Waals surface area (Å²) >= 11 is 0. The zero-order valence-corrected chi connectivity index (χ0v) is 20.6. The second kappa shape index (κ2) is 11.6. The molecule has 3 amide bonds. The fourth-order valence-electron chi connectivity index (χ4n) is 3.86. The highest BCUT2D eigenvalue weighted by molar-refractivity contribution is 7.87. The van der Waals surface area contributed by atoms with Gasteiger partial charge in [0.05, 0.1) is 7.11 Å². The van der Waals surface area contributed by atoms with E-state index in [-0.39, 0.29) is 36.5 Å². The lowest BCUT2D eigenvalue weighted by Crippen LogP contribution is -2.55. The van der Waals surface area contributed by atoms with E-state index in [2.05, 4.69) is 5.32 Å². The van der Waals surface area contributed by atoms with Crippen LogP contribution < -0.4 is 19.7 Å². The average molecular weight is 529 g/mol. The Kier molecular flexibility index (Phi) is 8.79. The van der Waals surface area contributed by atoms with Gasteiger partial charge in [-0.25, -0.2) is 22.7 Å². The van der Waals surface area contributed by atoms with Crippen molar-refractivity contribution in [3.05, 3.63) is 59.4 Å². The summed E-state index contributed by atoms with van der Waals surface area (Å²) in [6.07, 6.45) is 1.81. The van der Waals surface area contributed by atoms with Crippen molar-refractivity contribution in [2.75, 3.05) is 32.1 Å². The number of methoxy groups -OCH3 is 1. The number of rotatable bonds is 8. The van der Waals surface area contributed by atoms with Crippen LogP contribution in [-0.2, 0) is 21.4 Å². The molecule has 0 spiro atoms. The Hall–Kier alpha value is -3.32. The predicted molar refractivity (Wildman–Crippen MR) is 126 cm³/mol. The van der Waals surface area contributed by atoms with Gasteiger partial charge in [0.15, 0.2) is 11.6 Å². The Balaban J connectivity index is 1.83. The summed E-state index contributed by atoms with van der Waals surface area (Å²) in [6.45, 7) is 0.499. The summed E-state index contributed by atoms with van der Waals surface area (Å²) in [7, 11) is -1.57. The van der Waals surface area contributed by atoms with E-state index in [9.17, 15) is 31.2 Å². The van der Waals surface area contributed by atoms with E-state index in [1.165, 1.54) is 26.3 Å². The zero-order valence-electron chi connectivity index (χ0n) is 19.8. The molecule has 1 heterocycles. The van der Waals surface area contributed by atoms with Crippen LogP contribution in [0.2, 0.25) is 0 Å². The van der Waals surface area contributed by atoms with Crippen molar-refractivity contribution in [3.63, 3.8) is 0 Å². The number of amides is 3. The maximum Gasteiger partial charge on any atom is 0.330 e. The lowest BCUT2D eigenvalue weighted by Gasteiger charge is -2.27. The van der Waals surface area contributed by atoms with Crippen molar-refractivity contribution < 1.29 is 35.9 Å². The van der Waals surface area contributed by atoms with E-state index in [4.69, 9.17) is 4.74 Å². The number of piperidine rings is 1. The van der Waals surface area contributed by atoms with E-state index >= 15 is 0 Å². The zero-order chi connectivity index (χ0) is 26.5. The van der Waals surface area contributed by atoms with Gasteiger partial charge in [-0.15, -0.1) is 0 Å². The maximum absolute atomic E-state index is 14.2. The van der Waals surface area contributed by atoms with E-state index in [0.717, 1.165) is 33.8 Å².